The first kappa shape index (κ1) is 13.9. The molecule has 0 radical (unpaired) electrons. The quantitative estimate of drug-likeness (QED) is 0.353. The summed E-state index contributed by atoms with van der Waals surface area (Å²) in [6.45, 7) is 11.2. The average molecular weight is 202 g/mol. The Hall–Kier alpha value is -0.0800. The van der Waals surface area contributed by atoms with Crippen LogP contribution in [-0.4, -0.2) is 12.2 Å². The van der Waals surface area contributed by atoms with Crippen LogP contribution in [0.3, 0.4) is 0 Å². The summed E-state index contributed by atoms with van der Waals surface area (Å²) in [6, 6.07) is 0. The molecule has 0 aliphatic heterocycles. The van der Waals surface area contributed by atoms with Gasteiger partial charge in [-0.2, -0.15) is 0 Å². The van der Waals surface area contributed by atoms with Crippen molar-refractivity contribution < 1.29 is 9.78 Å². The third-order valence-electron chi connectivity index (χ3n) is 1.82. The van der Waals surface area contributed by atoms with E-state index < -0.39 is 0 Å². The van der Waals surface area contributed by atoms with E-state index in [0.717, 1.165) is 18.9 Å². The monoisotopic (exact) mass is 202 g/mol. The van der Waals surface area contributed by atoms with Gasteiger partial charge >= 0.3 is 0 Å². The third-order valence-corrected chi connectivity index (χ3v) is 1.82. The van der Waals surface area contributed by atoms with Gasteiger partial charge in [0.25, 0.3) is 0 Å². The predicted molar refractivity (Wildman–Crippen MR) is 60.1 cm³/mol. The molecule has 2 nitrogen and oxygen atoms in total. The van der Waals surface area contributed by atoms with Gasteiger partial charge in [-0.1, -0.05) is 33.1 Å². The second-order valence-corrected chi connectivity index (χ2v) is 5.26. The van der Waals surface area contributed by atoms with Gasteiger partial charge in [-0.3, -0.25) is 0 Å². The van der Waals surface area contributed by atoms with Crippen molar-refractivity contribution in [1.29, 1.82) is 0 Å². The highest BCUT2D eigenvalue weighted by atomic mass is 17.2. The molecule has 0 aliphatic carbocycles. The van der Waals surface area contributed by atoms with E-state index in [-0.39, 0.29) is 5.60 Å². The van der Waals surface area contributed by atoms with Crippen LogP contribution < -0.4 is 0 Å². The summed E-state index contributed by atoms with van der Waals surface area (Å²) in [5, 5.41) is 0. The van der Waals surface area contributed by atoms with Gasteiger partial charge in [-0.05, 0) is 33.1 Å². The van der Waals surface area contributed by atoms with Crippen LogP contribution in [0.25, 0.3) is 0 Å². The van der Waals surface area contributed by atoms with Crippen LogP contribution in [0.4, 0.5) is 0 Å². The molecule has 86 valence electrons. The van der Waals surface area contributed by atoms with Gasteiger partial charge < -0.3 is 0 Å². The first-order valence-electron chi connectivity index (χ1n) is 5.72. The lowest BCUT2D eigenvalue weighted by atomic mass is 10.1. The van der Waals surface area contributed by atoms with Crippen molar-refractivity contribution >= 4 is 0 Å². The Morgan fingerprint density at radius 3 is 2.14 bits per heavy atom. The maximum atomic E-state index is 5.16. The molecule has 0 aliphatic rings. The average Bonchev–Trinajstić information content (AvgIpc) is 2.00. The summed E-state index contributed by atoms with van der Waals surface area (Å²) in [5.74, 6) is 0.821. The standard InChI is InChI=1S/C12H26O2/c1-11(2)9-7-6-8-10-13-14-12(3,4)5/h11H,6-10H2,1-5H3. The van der Waals surface area contributed by atoms with Crippen LogP contribution in [-0.2, 0) is 9.78 Å². The topological polar surface area (TPSA) is 18.5 Å². The molecule has 0 N–H and O–H groups in total. The van der Waals surface area contributed by atoms with E-state index in [1.54, 1.807) is 0 Å². The first-order valence-corrected chi connectivity index (χ1v) is 5.72. The van der Waals surface area contributed by atoms with E-state index in [1.165, 1.54) is 19.3 Å². The fourth-order valence-corrected chi connectivity index (χ4v) is 1.11. The van der Waals surface area contributed by atoms with Crippen molar-refractivity contribution in [2.75, 3.05) is 6.61 Å². The van der Waals surface area contributed by atoms with Gasteiger partial charge in [-0.15, -0.1) is 0 Å². The smallest absolute Gasteiger partial charge is 0.0952 e. The Labute approximate surface area is 88.9 Å². The van der Waals surface area contributed by atoms with Gasteiger partial charge in [0.1, 0.15) is 0 Å². The van der Waals surface area contributed by atoms with Gasteiger partial charge in [0.05, 0.1) is 12.2 Å². The molecule has 0 atom stereocenters. The van der Waals surface area contributed by atoms with Crippen LogP contribution in [0, 0.1) is 5.92 Å². The molecule has 0 aromatic carbocycles. The van der Waals surface area contributed by atoms with Crippen molar-refractivity contribution in [3.05, 3.63) is 0 Å². The number of hydrogen-bond donors (Lipinski definition) is 0. The maximum Gasteiger partial charge on any atom is 0.0952 e. The highest BCUT2D eigenvalue weighted by Gasteiger charge is 2.10. The second kappa shape index (κ2) is 7.24. The minimum absolute atomic E-state index is 0.183. The summed E-state index contributed by atoms with van der Waals surface area (Å²) in [6.07, 6.45) is 4.96. The van der Waals surface area contributed by atoms with Crippen LogP contribution in [0.15, 0.2) is 0 Å². The largest absolute Gasteiger partial charge is 0.236 e. The van der Waals surface area contributed by atoms with E-state index >= 15 is 0 Å². The summed E-state index contributed by atoms with van der Waals surface area (Å²) < 4.78 is 0. The normalized spacial score (nSPS) is 12.4. The summed E-state index contributed by atoms with van der Waals surface area (Å²) in [5.41, 5.74) is -0.183. The molecular formula is C12H26O2. The van der Waals surface area contributed by atoms with Crippen LogP contribution in [0.1, 0.15) is 60.3 Å². The molecule has 0 bridgehead atoms. The van der Waals surface area contributed by atoms with Crippen molar-refractivity contribution in [2.45, 2.75) is 65.9 Å². The van der Waals surface area contributed by atoms with E-state index in [9.17, 15) is 0 Å². The molecular weight excluding hydrogens is 176 g/mol. The van der Waals surface area contributed by atoms with E-state index in [2.05, 4.69) is 13.8 Å². The number of unbranched alkanes of at least 4 members (excludes halogenated alkanes) is 2. The molecule has 0 saturated heterocycles. The van der Waals surface area contributed by atoms with Gasteiger partial charge in [0, 0.05) is 0 Å². The lowest BCUT2D eigenvalue weighted by molar-refractivity contribution is -0.348. The molecule has 0 heterocycles. The summed E-state index contributed by atoms with van der Waals surface area (Å²) >= 11 is 0. The number of hydrogen-bond acceptors (Lipinski definition) is 2. The molecule has 14 heavy (non-hydrogen) atoms. The molecule has 0 fully saturated rings. The lowest BCUT2D eigenvalue weighted by Crippen LogP contribution is -2.19. The van der Waals surface area contributed by atoms with Crippen LogP contribution in [0.5, 0.6) is 0 Å². The highest BCUT2D eigenvalue weighted by molar-refractivity contribution is 4.54. The van der Waals surface area contributed by atoms with E-state index in [0.29, 0.717) is 0 Å². The second-order valence-electron chi connectivity index (χ2n) is 5.26. The summed E-state index contributed by atoms with van der Waals surface area (Å²) in [7, 11) is 0. The van der Waals surface area contributed by atoms with E-state index in [1.807, 2.05) is 20.8 Å². The Morgan fingerprint density at radius 1 is 1.00 bits per heavy atom. The Balaban J connectivity index is 3.07. The summed E-state index contributed by atoms with van der Waals surface area (Å²) in [4.78, 5) is 10.3. The zero-order valence-electron chi connectivity index (χ0n) is 10.4. The van der Waals surface area contributed by atoms with Gasteiger partial charge in [0.2, 0.25) is 0 Å². The van der Waals surface area contributed by atoms with Crippen molar-refractivity contribution in [3.8, 4) is 0 Å². The SMILES string of the molecule is CC(C)CCCCCOOC(C)(C)C. The fraction of sp³-hybridized carbons (Fsp3) is 1.00. The molecule has 0 rings (SSSR count). The minimum Gasteiger partial charge on any atom is -0.236 e. The first-order chi connectivity index (χ1) is 6.42. The zero-order chi connectivity index (χ0) is 11.0. The van der Waals surface area contributed by atoms with Crippen molar-refractivity contribution in [2.24, 2.45) is 5.92 Å². The molecule has 0 amide bonds. The molecule has 0 saturated carbocycles. The van der Waals surface area contributed by atoms with Gasteiger partial charge in [0.15, 0.2) is 0 Å². The van der Waals surface area contributed by atoms with Crippen molar-refractivity contribution in [1.82, 2.24) is 0 Å². The Bertz CT molecular complexity index is 125. The number of rotatable bonds is 7. The van der Waals surface area contributed by atoms with Crippen LogP contribution >= 0.6 is 0 Å². The molecule has 0 aromatic heterocycles. The van der Waals surface area contributed by atoms with E-state index in [4.69, 9.17) is 9.78 Å². The predicted octanol–water partition coefficient (Wildman–Crippen LogP) is 3.95. The van der Waals surface area contributed by atoms with Crippen molar-refractivity contribution in [3.63, 3.8) is 0 Å². The molecule has 0 aromatic rings. The molecule has 2 heteroatoms. The lowest BCUT2D eigenvalue weighted by Gasteiger charge is -2.17. The highest BCUT2D eigenvalue weighted by Crippen LogP contribution is 2.10. The Morgan fingerprint density at radius 2 is 1.64 bits per heavy atom. The maximum absolute atomic E-state index is 5.16. The molecule has 0 spiro atoms. The third kappa shape index (κ3) is 11.9. The minimum atomic E-state index is -0.183. The zero-order valence-corrected chi connectivity index (χ0v) is 10.4. The fourth-order valence-electron chi connectivity index (χ4n) is 1.11. The Kier molecular flexibility index (Phi) is 7.20. The van der Waals surface area contributed by atoms with Crippen LogP contribution in [0.2, 0.25) is 0 Å². The van der Waals surface area contributed by atoms with Gasteiger partial charge in [-0.25, -0.2) is 9.78 Å². The molecule has 0 unspecified atom stereocenters.